The number of rotatable bonds is 4. The van der Waals surface area contributed by atoms with Crippen molar-refractivity contribution in [2.75, 3.05) is 5.32 Å². The van der Waals surface area contributed by atoms with E-state index in [2.05, 4.69) is 31.3 Å². The smallest absolute Gasteiger partial charge is 0.106 e. The molecule has 19 heavy (non-hydrogen) atoms. The van der Waals surface area contributed by atoms with E-state index in [1.807, 2.05) is 30.4 Å². The van der Waals surface area contributed by atoms with Gasteiger partial charge < -0.3 is 11.1 Å². The normalized spacial score (nSPS) is 10.5. The molecule has 2 aromatic rings. The van der Waals surface area contributed by atoms with Gasteiger partial charge in [-0.3, -0.25) is 0 Å². The molecule has 0 spiro atoms. The molecule has 0 unspecified atom stereocenters. The second-order valence-corrected chi connectivity index (χ2v) is 6.50. The summed E-state index contributed by atoms with van der Waals surface area (Å²) < 4.78 is 0. The lowest BCUT2D eigenvalue weighted by Gasteiger charge is -2.11. The summed E-state index contributed by atoms with van der Waals surface area (Å²) in [5, 5.41) is 3.42. The van der Waals surface area contributed by atoms with Crippen LogP contribution in [-0.4, -0.2) is 4.99 Å². The van der Waals surface area contributed by atoms with Gasteiger partial charge in [-0.15, -0.1) is 11.3 Å². The minimum atomic E-state index is 0.435. The first-order valence-corrected chi connectivity index (χ1v) is 7.40. The molecule has 1 aromatic carbocycles. The number of anilines is 1. The molecule has 1 heterocycles. The van der Waals surface area contributed by atoms with Crippen LogP contribution in [0.1, 0.15) is 26.4 Å². The van der Waals surface area contributed by atoms with E-state index in [4.69, 9.17) is 18.0 Å². The molecule has 0 saturated carbocycles. The Kier molecular flexibility index (Phi) is 4.22. The Hall–Kier alpha value is -1.39. The van der Waals surface area contributed by atoms with Gasteiger partial charge in [-0.05, 0) is 44.5 Å². The van der Waals surface area contributed by atoms with Crippen molar-refractivity contribution in [1.82, 2.24) is 0 Å². The molecule has 0 aliphatic heterocycles. The number of aryl methyl sites for hydroxylation is 3. The van der Waals surface area contributed by atoms with Gasteiger partial charge in [-0.25, -0.2) is 0 Å². The Morgan fingerprint density at radius 1 is 1.26 bits per heavy atom. The largest absolute Gasteiger partial charge is 0.389 e. The van der Waals surface area contributed by atoms with Crippen molar-refractivity contribution in [1.29, 1.82) is 0 Å². The van der Waals surface area contributed by atoms with Crippen LogP contribution in [0.4, 0.5) is 5.69 Å². The highest BCUT2D eigenvalue weighted by atomic mass is 32.1. The maximum Gasteiger partial charge on any atom is 0.106 e. The van der Waals surface area contributed by atoms with E-state index in [0.717, 1.165) is 23.4 Å². The number of hydrogen-bond donors (Lipinski definition) is 2. The van der Waals surface area contributed by atoms with Crippen LogP contribution < -0.4 is 11.1 Å². The van der Waals surface area contributed by atoms with Crippen LogP contribution in [0, 0.1) is 20.8 Å². The second kappa shape index (κ2) is 5.72. The van der Waals surface area contributed by atoms with Crippen molar-refractivity contribution >= 4 is 34.2 Å². The maximum atomic E-state index is 5.77. The molecule has 0 bridgehead atoms. The fraction of sp³-hybridized carbons (Fsp3) is 0.267. The molecule has 0 fully saturated rings. The number of thiophene rings is 1. The fourth-order valence-corrected chi connectivity index (χ4v) is 3.10. The highest BCUT2D eigenvalue weighted by Gasteiger charge is 2.07. The number of thiocarbonyl (C=S) groups is 1. The summed E-state index contributed by atoms with van der Waals surface area (Å²) in [6.07, 6.45) is 0. The molecule has 0 radical (unpaired) electrons. The van der Waals surface area contributed by atoms with Crippen LogP contribution >= 0.6 is 23.6 Å². The van der Waals surface area contributed by atoms with E-state index in [-0.39, 0.29) is 0 Å². The summed E-state index contributed by atoms with van der Waals surface area (Å²) in [4.78, 5) is 3.13. The first-order chi connectivity index (χ1) is 8.97. The van der Waals surface area contributed by atoms with Gasteiger partial charge in [0.05, 0.1) is 0 Å². The maximum absolute atomic E-state index is 5.77. The van der Waals surface area contributed by atoms with E-state index in [0.29, 0.717) is 4.99 Å². The zero-order chi connectivity index (χ0) is 14.0. The predicted octanol–water partition coefficient (Wildman–Crippen LogP) is 3.92. The number of nitrogens with two attached hydrogens (primary N) is 1. The molecule has 1 aromatic heterocycles. The third-order valence-corrected chi connectivity index (χ3v) is 4.48. The van der Waals surface area contributed by atoms with Crippen LogP contribution in [0.5, 0.6) is 0 Å². The van der Waals surface area contributed by atoms with Crippen molar-refractivity contribution in [2.45, 2.75) is 27.3 Å². The summed E-state index contributed by atoms with van der Waals surface area (Å²) in [5.74, 6) is 0. The lowest BCUT2D eigenvalue weighted by molar-refractivity contribution is 1.18. The van der Waals surface area contributed by atoms with E-state index in [1.165, 1.54) is 15.3 Å². The van der Waals surface area contributed by atoms with Gasteiger partial charge in [0, 0.05) is 27.5 Å². The lowest BCUT2D eigenvalue weighted by Crippen LogP contribution is -2.13. The van der Waals surface area contributed by atoms with Gasteiger partial charge in [-0.1, -0.05) is 23.8 Å². The fourth-order valence-electron chi connectivity index (χ4n) is 1.94. The highest BCUT2D eigenvalue weighted by Crippen LogP contribution is 2.23. The first kappa shape index (κ1) is 14.0. The van der Waals surface area contributed by atoms with E-state index in [9.17, 15) is 0 Å². The molecule has 0 aliphatic rings. The number of nitrogens with one attached hydrogen (secondary N) is 1. The molecule has 0 atom stereocenters. The molecule has 3 N–H and O–H groups in total. The van der Waals surface area contributed by atoms with Crippen molar-refractivity contribution < 1.29 is 0 Å². The summed E-state index contributed by atoms with van der Waals surface area (Å²) in [6.45, 7) is 7.13. The summed E-state index contributed by atoms with van der Waals surface area (Å²) >= 11 is 6.93. The van der Waals surface area contributed by atoms with Crippen LogP contribution in [0.3, 0.4) is 0 Å². The predicted molar refractivity (Wildman–Crippen MR) is 88.2 cm³/mol. The van der Waals surface area contributed by atoms with Gasteiger partial charge in [0.2, 0.25) is 0 Å². The second-order valence-electron chi connectivity index (χ2n) is 4.72. The zero-order valence-electron chi connectivity index (χ0n) is 11.4. The molecule has 0 aliphatic carbocycles. The van der Waals surface area contributed by atoms with Gasteiger partial charge >= 0.3 is 0 Å². The van der Waals surface area contributed by atoms with Crippen molar-refractivity contribution in [3.8, 4) is 0 Å². The molecule has 2 nitrogen and oxygen atoms in total. The monoisotopic (exact) mass is 290 g/mol. The first-order valence-electron chi connectivity index (χ1n) is 6.17. The third kappa shape index (κ3) is 3.33. The molecule has 0 saturated heterocycles. The van der Waals surface area contributed by atoms with Gasteiger partial charge in [-0.2, -0.15) is 0 Å². The van der Waals surface area contributed by atoms with Crippen LogP contribution in [-0.2, 0) is 6.54 Å². The highest BCUT2D eigenvalue weighted by molar-refractivity contribution is 7.80. The Labute approximate surface area is 123 Å². The topological polar surface area (TPSA) is 38.0 Å². The van der Waals surface area contributed by atoms with Crippen LogP contribution in [0.15, 0.2) is 24.3 Å². The summed E-state index contributed by atoms with van der Waals surface area (Å²) in [6, 6.07) is 8.35. The van der Waals surface area contributed by atoms with Crippen molar-refractivity contribution in [3.05, 3.63) is 50.7 Å². The Morgan fingerprint density at radius 2 is 2.00 bits per heavy atom. The van der Waals surface area contributed by atoms with Crippen molar-refractivity contribution in [3.63, 3.8) is 0 Å². The molecule has 2 rings (SSSR count). The minimum Gasteiger partial charge on any atom is -0.389 e. The molecular weight excluding hydrogens is 272 g/mol. The van der Waals surface area contributed by atoms with E-state index >= 15 is 0 Å². The molecule has 4 heteroatoms. The van der Waals surface area contributed by atoms with Gasteiger partial charge in [0.1, 0.15) is 4.99 Å². The van der Waals surface area contributed by atoms with E-state index in [1.54, 1.807) is 0 Å². The van der Waals surface area contributed by atoms with Gasteiger partial charge in [0.25, 0.3) is 0 Å². The van der Waals surface area contributed by atoms with Gasteiger partial charge in [0.15, 0.2) is 0 Å². The average Bonchev–Trinajstić information content (AvgIpc) is 2.67. The molecule has 100 valence electrons. The Bertz CT molecular complexity index is 595. The van der Waals surface area contributed by atoms with E-state index < -0.39 is 0 Å². The van der Waals surface area contributed by atoms with Crippen LogP contribution in [0.25, 0.3) is 0 Å². The SMILES string of the molecule is Cc1ccc(NCc2cc(C)c(C)s2)c(C(N)=S)c1. The number of hydrogen-bond acceptors (Lipinski definition) is 3. The zero-order valence-corrected chi connectivity index (χ0v) is 13.0. The van der Waals surface area contributed by atoms with Crippen LogP contribution in [0.2, 0.25) is 0 Å². The molecule has 0 amide bonds. The third-order valence-electron chi connectivity index (χ3n) is 3.11. The minimum absolute atomic E-state index is 0.435. The quantitative estimate of drug-likeness (QED) is 0.838. The lowest BCUT2D eigenvalue weighted by atomic mass is 10.1. The summed E-state index contributed by atoms with van der Waals surface area (Å²) in [5.41, 5.74) is 10.2. The van der Waals surface area contributed by atoms with Crippen molar-refractivity contribution in [2.24, 2.45) is 5.73 Å². The Balaban J connectivity index is 2.17. The average molecular weight is 290 g/mol. The summed E-state index contributed by atoms with van der Waals surface area (Å²) in [7, 11) is 0. The molecular formula is C15H18N2S2. The standard InChI is InChI=1S/C15H18N2S2/c1-9-4-5-14(13(6-9)15(16)18)17-8-12-7-10(2)11(3)19-12/h4-7,17H,8H2,1-3H3,(H2,16,18). The Morgan fingerprint density at radius 3 is 2.58 bits per heavy atom. The number of benzene rings is 1.